The third-order valence-electron chi connectivity index (χ3n) is 1.38. The Balaban J connectivity index is 2.52. The molecule has 12 heavy (non-hydrogen) atoms. The summed E-state index contributed by atoms with van der Waals surface area (Å²) in [6.07, 6.45) is 0. The highest BCUT2D eigenvalue weighted by atomic mass is 19.1. The van der Waals surface area contributed by atoms with Crippen molar-refractivity contribution in [2.45, 2.75) is 13.8 Å². The summed E-state index contributed by atoms with van der Waals surface area (Å²) < 4.78 is 17.9. The molecule has 0 amide bonds. The second-order valence-electron chi connectivity index (χ2n) is 3.16. The lowest BCUT2D eigenvalue weighted by Gasteiger charge is -2.07. The Morgan fingerprint density at radius 3 is 2.75 bits per heavy atom. The number of hydrogen-bond donors (Lipinski definition) is 0. The summed E-state index contributed by atoms with van der Waals surface area (Å²) in [4.78, 5) is 0. The van der Waals surface area contributed by atoms with Gasteiger partial charge in [-0.3, -0.25) is 0 Å². The normalized spacial score (nSPS) is 10.3. The molecule has 0 saturated carbocycles. The van der Waals surface area contributed by atoms with Crippen molar-refractivity contribution in [3.63, 3.8) is 0 Å². The first kappa shape index (κ1) is 9.04. The predicted octanol–water partition coefficient (Wildman–Crippen LogP) is 2.86. The van der Waals surface area contributed by atoms with E-state index < -0.39 is 0 Å². The van der Waals surface area contributed by atoms with Gasteiger partial charge in [0.2, 0.25) is 0 Å². The molecule has 0 aliphatic carbocycles. The summed E-state index contributed by atoms with van der Waals surface area (Å²) in [7, 11) is 0. The minimum Gasteiger partial charge on any atom is -0.493 e. The highest BCUT2D eigenvalue weighted by Crippen LogP contribution is 2.12. The van der Waals surface area contributed by atoms with Crippen molar-refractivity contribution >= 4 is 0 Å². The molecule has 0 spiro atoms. The van der Waals surface area contributed by atoms with E-state index in [0.717, 1.165) is 0 Å². The van der Waals surface area contributed by atoms with Gasteiger partial charge in [0.15, 0.2) is 0 Å². The number of halogens is 1. The molecule has 0 aliphatic heterocycles. The zero-order chi connectivity index (χ0) is 8.97. The molecule has 0 fully saturated rings. The topological polar surface area (TPSA) is 9.23 Å². The maximum atomic E-state index is 12.6. The van der Waals surface area contributed by atoms with E-state index in [1.807, 2.05) is 0 Å². The Kier molecular flexibility index (Phi) is 3.09. The molecule has 0 unspecified atom stereocenters. The van der Waals surface area contributed by atoms with Crippen LogP contribution in [0.25, 0.3) is 0 Å². The Morgan fingerprint density at radius 2 is 2.17 bits per heavy atom. The van der Waals surface area contributed by atoms with Crippen molar-refractivity contribution in [1.82, 2.24) is 0 Å². The summed E-state index contributed by atoms with van der Waals surface area (Å²) in [5.74, 6) is 0.813. The molecule has 1 nitrogen and oxygen atoms in total. The fourth-order valence-corrected chi connectivity index (χ4v) is 0.820. The molecular formula is C10H13FO. The van der Waals surface area contributed by atoms with Crippen LogP contribution in [0.1, 0.15) is 13.8 Å². The van der Waals surface area contributed by atoms with Crippen LogP contribution in [-0.4, -0.2) is 6.61 Å². The Hall–Kier alpha value is -1.05. The van der Waals surface area contributed by atoms with Crippen LogP contribution in [0.2, 0.25) is 0 Å². The number of rotatable bonds is 3. The molecule has 0 aliphatic rings. The standard InChI is InChI=1S/C10H13FO/c1-8(2)7-12-10-5-3-4-9(11)6-10/h3-6,8H,7H2,1-2H3. The smallest absolute Gasteiger partial charge is 0.126 e. The van der Waals surface area contributed by atoms with Crippen molar-refractivity contribution in [2.24, 2.45) is 5.92 Å². The zero-order valence-corrected chi connectivity index (χ0v) is 7.38. The summed E-state index contributed by atoms with van der Waals surface area (Å²) in [5.41, 5.74) is 0. The van der Waals surface area contributed by atoms with Gasteiger partial charge in [-0.15, -0.1) is 0 Å². The third kappa shape index (κ3) is 2.91. The van der Waals surface area contributed by atoms with Crippen LogP contribution in [0.3, 0.4) is 0 Å². The average Bonchev–Trinajstić information content (AvgIpc) is 2.01. The summed E-state index contributed by atoms with van der Waals surface area (Å²) in [6, 6.07) is 6.20. The lowest BCUT2D eigenvalue weighted by molar-refractivity contribution is 0.270. The first-order chi connectivity index (χ1) is 5.68. The van der Waals surface area contributed by atoms with Crippen molar-refractivity contribution < 1.29 is 9.13 Å². The van der Waals surface area contributed by atoms with Gasteiger partial charge in [-0.2, -0.15) is 0 Å². The maximum absolute atomic E-state index is 12.6. The lowest BCUT2D eigenvalue weighted by Crippen LogP contribution is -2.04. The van der Waals surface area contributed by atoms with E-state index in [0.29, 0.717) is 18.3 Å². The van der Waals surface area contributed by atoms with Gasteiger partial charge in [-0.25, -0.2) is 4.39 Å². The van der Waals surface area contributed by atoms with Crippen LogP contribution in [0.4, 0.5) is 4.39 Å². The van der Waals surface area contributed by atoms with Crippen LogP contribution < -0.4 is 4.74 Å². The van der Waals surface area contributed by atoms with Crippen molar-refractivity contribution in [3.8, 4) is 5.75 Å². The molecular weight excluding hydrogens is 155 g/mol. The zero-order valence-electron chi connectivity index (χ0n) is 7.38. The summed E-state index contributed by atoms with van der Waals surface area (Å²) in [5, 5.41) is 0. The second-order valence-corrected chi connectivity index (χ2v) is 3.16. The molecule has 66 valence electrons. The summed E-state index contributed by atoms with van der Waals surface area (Å²) in [6.45, 7) is 4.74. The molecule has 1 aromatic carbocycles. The van der Waals surface area contributed by atoms with Gasteiger partial charge in [-0.1, -0.05) is 19.9 Å². The van der Waals surface area contributed by atoms with Crippen molar-refractivity contribution in [1.29, 1.82) is 0 Å². The summed E-state index contributed by atoms with van der Waals surface area (Å²) >= 11 is 0. The quantitative estimate of drug-likeness (QED) is 0.674. The van der Waals surface area contributed by atoms with Gasteiger partial charge < -0.3 is 4.74 Å². The Bertz CT molecular complexity index is 245. The molecule has 0 heterocycles. The molecule has 0 bridgehead atoms. The van der Waals surface area contributed by atoms with Gasteiger partial charge >= 0.3 is 0 Å². The molecule has 1 rings (SSSR count). The van der Waals surface area contributed by atoms with Crippen LogP contribution in [-0.2, 0) is 0 Å². The number of ether oxygens (including phenoxy) is 1. The van der Waals surface area contributed by atoms with E-state index in [1.54, 1.807) is 12.1 Å². The van der Waals surface area contributed by atoms with Gasteiger partial charge in [-0.05, 0) is 18.1 Å². The maximum Gasteiger partial charge on any atom is 0.126 e. The van der Waals surface area contributed by atoms with Gasteiger partial charge in [0.1, 0.15) is 11.6 Å². The Morgan fingerprint density at radius 1 is 1.42 bits per heavy atom. The second kappa shape index (κ2) is 4.10. The highest BCUT2D eigenvalue weighted by molar-refractivity contribution is 5.22. The fraction of sp³-hybridized carbons (Fsp3) is 0.400. The molecule has 0 saturated heterocycles. The molecule has 0 radical (unpaired) electrons. The largest absolute Gasteiger partial charge is 0.493 e. The van der Waals surface area contributed by atoms with E-state index in [9.17, 15) is 4.39 Å². The highest BCUT2D eigenvalue weighted by Gasteiger charge is 1.97. The third-order valence-corrected chi connectivity index (χ3v) is 1.38. The fourth-order valence-electron chi connectivity index (χ4n) is 0.820. The van der Waals surface area contributed by atoms with Gasteiger partial charge in [0.25, 0.3) is 0 Å². The van der Waals surface area contributed by atoms with Crippen LogP contribution in [0.15, 0.2) is 24.3 Å². The van der Waals surface area contributed by atoms with Crippen LogP contribution >= 0.6 is 0 Å². The monoisotopic (exact) mass is 168 g/mol. The van der Waals surface area contributed by atoms with Gasteiger partial charge in [0, 0.05) is 6.07 Å². The number of hydrogen-bond acceptors (Lipinski definition) is 1. The molecule has 2 heteroatoms. The molecule has 0 atom stereocenters. The Labute approximate surface area is 72.2 Å². The van der Waals surface area contributed by atoms with E-state index in [2.05, 4.69) is 13.8 Å². The minimum absolute atomic E-state index is 0.253. The van der Waals surface area contributed by atoms with E-state index in [-0.39, 0.29) is 5.82 Å². The van der Waals surface area contributed by atoms with Crippen LogP contribution in [0.5, 0.6) is 5.75 Å². The molecule has 0 N–H and O–H groups in total. The molecule has 1 aromatic rings. The van der Waals surface area contributed by atoms with E-state index in [1.165, 1.54) is 12.1 Å². The minimum atomic E-state index is -0.253. The SMILES string of the molecule is CC(C)COc1cccc(F)c1. The van der Waals surface area contributed by atoms with E-state index >= 15 is 0 Å². The number of benzene rings is 1. The molecule has 0 aromatic heterocycles. The first-order valence-corrected chi connectivity index (χ1v) is 4.07. The van der Waals surface area contributed by atoms with Crippen LogP contribution in [0, 0.1) is 11.7 Å². The van der Waals surface area contributed by atoms with Crippen molar-refractivity contribution in [3.05, 3.63) is 30.1 Å². The van der Waals surface area contributed by atoms with Gasteiger partial charge in [0.05, 0.1) is 6.61 Å². The average molecular weight is 168 g/mol. The van der Waals surface area contributed by atoms with Crippen molar-refractivity contribution in [2.75, 3.05) is 6.61 Å². The first-order valence-electron chi connectivity index (χ1n) is 4.07. The lowest BCUT2D eigenvalue weighted by atomic mass is 10.2. The predicted molar refractivity (Wildman–Crippen MR) is 46.7 cm³/mol. The van der Waals surface area contributed by atoms with E-state index in [4.69, 9.17) is 4.74 Å².